The predicted molar refractivity (Wildman–Crippen MR) is 68.4 cm³/mol. The topological polar surface area (TPSA) is 67.6 Å². The minimum absolute atomic E-state index is 0.217. The number of methoxy groups -OCH3 is 1. The highest BCUT2D eigenvalue weighted by Crippen LogP contribution is 2.14. The van der Waals surface area contributed by atoms with Gasteiger partial charge in [-0.3, -0.25) is 15.1 Å². The summed E-state index contributed by atoms with van der Waals surface area (Å²) in [5, 5.41) is 2.03. The van der Waals surface area contributed by atoms with Crippen molar-refractivity contribution in [1.29, 1.82) is 0 Å². The van der Waals surface area contributed by atoms with E-state index in [2.05, 4.69) is 11.5 Å². The Hall–Kier alpha value is -0.950. The van der Waals surface area contributed by atoms with Crippen molar-refractivity contribution in [3.05, 3.63) is 22.4 Å². The van der Waals surface area contributed by atoms with Crippen molar-refractivity contribution in [3.8, 4) is 0 Å². The Bertz CT molecular complexity index is 329. The monoisotopic (exact) mass is 257 g/mol. The number of thiophene rings is 1. The molecule has 0 saturated carbocycles. The van der Waals surface area contributed by atoms with Crippen LogP contribution in [0.4, 0.5) is 0 Å². The van der Waals surface area contributed by atoms with E-state index in [1.54, 1.807) is 18.4 Å². The molecule has 1 heterocycles. The van der Waals surface area contributed by atoms with Crippen molar-refractivity contribution in [2.75, 3.05) is 20.3 Å². The van der Waals surface area contributed by atoms with Crippen molar-refractivity contribution in [2.45, 2.75) is 19.5 Å². The van der Waals surface area contributed by atoms with Crippen LogP contribution < -0.4 is 11.3 Å². The molecule has 1 aromatic heterocycles. The van der Waals surface area contributed by atoms with Crippen LogP contribution in [-0.4, -0.2) is 37.1 Å². The maximum atomic E-state index is 11.7. The molecule has 0 aromatic carbocycles. The maximum Gasteiger partial charge on any atom is 0.253 e. The van der Waals surface area contributed by atoms with E-state index in [1.807, 2.05) is 23.3 Å². The SMILES string of the molecule is CCN(Cc1cccs1)C(COC)C(=O)NN. The lowest BCUT2D eigenvalue weighted by Crippen LogP contribution is -2.50. The van der Waals surface area contributed by atoms with E-state index >= 15 is 0 Å². The van der Waals surface area contributed by atoms with E-state index in [1.165, 1.54) is 4.88 Å². The van der Waals surface area contributed by atoms with E-state index in [0.29, 0.717) is 6.61 Å². The zero-order valence-corrected chi connectivity index (χ0v) is 11.0. The van der Waals surface area contributed by atoms with Crippen LogP contribution in [0.5, 0.6) is 0 Å². The second-order valence-corrected chi connectivity index (χ2v) is 4.65. The summed E-state index contributed by atoms with van der Waals surface area (Å²) in [5.74, 6) is 4.97. The first kappa shape index (κ1) is 14.1. The first-order valence-electron chi connectivity index (χ1n) is 5.48. The summed E-state index contributed by atoms with van der Waals surface area (Å²) in [7, 11) is 1.58. The molecule has 1 aromatic rings. The number of carbonyl (C=O) groups is 1. The van der Waals surface area contributed by atoms with Gasteiger partial charge in [-0.05, 0) is 18.0 Å². The highest BCUT2D eigenvalue weighted by Gasteiger charge is 2.24. The number of rotatable bonds is 7. The van der Waals surface area contributed by atoms with Gasteiger partial charge in [0, 0.05) is 18.5 Å². The molecule has 0 spiro atoms. The first-order valence-corrected chi connectivity index (χ1v) is 6.36. The average molecular weight is 257 g/mol. The Morgan fingerprint density at radius 3 is 2.94 bits per heavy atom. The van der Waals surface area contributed by atoms with Crippen LogP contribution in [0.25, 0.3) is 0 Å². The molecule has 1 rings (SSSR count). The van der Waals surface area contributed by atoms with Gasteiger partial charge in [0.1, 0.15) is 6.04 Å². The number of nitrogens with zero attached hydrogens (tertiary/aromatic N) is 1. The molecule has 96 valence electrons. The number of carbonyl (C=O) groups excluding carboxylic acids is 1. The van der Waals surface area contributed by atoms with Gasteiger partial charge in [-0.2, -0.15) is 0 Å². The van der Waals surface area contributed by atoms with Gasteiger partial charge in [0.15, 0.2) is 0 Å². The lowest BCUT2D eigenvalue weighted by atomic mass is 10.2. The summed E-state index contributed by atoms with van der Waals surface area (Å²) in [4.78, 5) is 14.9. The van der Waals surface area contributed by atoms with Gasteiger partial charge >= 0.3 is 0 Å². The molecule has 1 unspecified atom stereocenters. The van der Waals surface area contributed by atoms with Crippen molar-refractivity contribution >= 4 is 17.2 Å². The quantitative estimate of drug-likeness (QED) is 0.426. The van der Waals surface area contributed by atoms with Crippen LogP contribution in [0.2, 0.25) is 0 Å². The van der Waals surface area contributed by atoms with Crippen molar-refractivity contribution in [1.82, 2.24) is 10.3 Å². The number of amides is 1. The molecule has 0 aliphatic heterocycles. The van der Waals surface area contributed by atoms with Crippen LogP contribution in [0.1, 0.15) is 11.8 Å². The molecule has 17 heavy (non-hydrogen) atoms. The molecule has 0 bridgehead atoms. The number of nitrogens with two attached hydrogens (primary N) is 1. The minimum atomic E-state index is -0.350. The normalized spacial score (nSPS) is 12.7. The molecule has 0 fully saturated rings. The number of ether oxygens (including phenoxy) is 1. The number of nitrogens with one attached hydrogen (secondary N) is 1. The zero-order chi connectivity index (χ0) is 12.7. The Labute approximate surface area is 106 Å². The molecule has 6 heteroatoms. The molecule has 0 aliphatic carbocycles. The van der Waals surface area contributed by atoms with E-state index in [9.17, 15) is 4.79 Å². The summed E-state index contributed by atoms with van der Waals surface area (Å²) >= 11 is 1.68. The molecule has 3 N–H and O–H groups in total. The standard InChI is InChI=1S/C11H19N3O2S/c1-3-14(7-9-5-4-6-17-9)10(8-16-2)11(15)13-12/h4-6,10H,3,7-8,12H2,1-2H3,(H,13,15). The predicted octanol–water partition coefficient (Wildman–Crippen LogP) is 0.575. The molecule has 1 amide bonds. The van der Waals surface area contributed by atoms with Crippen LogP contribution in [0.15, 0.2) is 17.5 Å². The van der Waals surface area contributed by atoms with Gasteiger partial charge in [0.05, 0.1) is 6.61 Å². The number of hydrogen-bond donors (Lipinski definition) is 2. The number of hydrazine groups is 1. The lowest BCUT2D eigenvalue weighted by molar-refractivity contribution is -0.128. The third-order valence-corrected chi connectivity index (χ3v) is 3.42. The highest BCUT2D eigenvalue weighted by molar-refractivity contribution is 7.09. The van der Waals surface area contributed by atoms with Gasteiger partial charge < -0.3 is 4.74 Å². The van der Waals surface area contributed by atoms with Gasteiger partial charge in [0.25, 0.3) is 5.91 Å². The highest BCUT2D eigenvalue weighted by atomic mass is 32.1. The maximum absolute atomic E-state index is 11.7. The Morgan fingerprint density at radius 2 is 2.47 bits per heavy atom. The van der Waals surface area contributed by atoms with Gasteiger partial charge in [-0.15, -0.1) is 11.3 Å². The Morgan fingerprint density at radius 1 is 1.71 bits per heavy atom. The van der Waals surface area contributed by atoms with Crippen molar-refractivity contribution < 1.29 is 9.53 Å². The van der Waals surface area contributed by atoms with E-state index in [4.69, 9.17) is 10.6 Å². The molecule has 0 radical (unpaired) electrons. The fourth-order valence-corrected chi connectivity index (χ4v) is 2.38. The number of likely N-dealkylation sites (N-methyl/N-ethyl adjacent to an activating group) is 1. The zero-order valence-electron chi connectivity index (χ0n) is 10.2. The van der Waals surface area contributed by atoms with Crippen molar-refractivity contribution in [3.63, 3.8) is 0 Å². The van der Waals surface area contributed by atoms with E-state index < -0.39 is 0 Å². The van der Waals surface area contributed by atoms with Crippen LogP contribution in [0, 0.1) is 0 Å². The van der Waals surface area contributed by atoms with Crippen LogP contribution in [0.3, 0.4) is 0 Å². The van der Waals surface area contributed by atoms with Gasteiger partial charge in [0.2, 0.25) is 0 Å². The van der Waals surface area contributed by atoms with Crippen molar-refractivity contribution in [2.24, 2.45) is 5.84 Å². The summed E-state index contributed by atoms with van der Waals surface area (Å²) in [5.41, 5.74) is 2.19. The largest absolute Gasteiger partial charge is 0.383 e. The van der Waals surface area contributed by atoms with Crippen LogP contribution >= 0.6 is 11.3 Å². The summed E-state index contributed by atoms with van der Waals surface area (Å²) in [6, 6.07) is 3.71. The van der Waals surface area contributed by atoms with Gasteiger partial charge in [-0.1, -0.05) is 13.0 Å². The second-order valence-electron chi connectivity index (χ2n) is 3.62. The fraction of sp³-hybridized carbons (Fsp3) is 0.545. The smallest absolute Gasteiger partial charge is 0.253 e. The summed E-state index contributed by atoms with van der Waals surface area (Å²) in [6.45, 7) is 3.84. The molecule has 1 atom stereocenters. The third-order valence-electron chi connectivity index (χ3n) is 2.56. The summed E-state index contributed by atoms with van der Waals surface area (Å²) < 4.78 is 5.07. The second kappa shape index (κ2) is 7.39. The molecular formula is C11H19N3O2S. The lowest BCUT2D eigenvalue weighted by Gasteiger charge is -2.28. The Balaban J connectivity index is 2.70. The number of hydrogen-bond acceptors (Lipinski definition) is 5. The van der Waals surface area contributed by atoms with Crippen LogP contribution in [-0.2, 0) is 16.1 Å². The minimum Gasteiger partial charge on any atom is -0.383 e. The summed E-state index contributed by atoms with van der Waals surface area (Å²) in [6.07, 6.45) is 0. The molecular weight excluding hydrogens is 238 g/mol. The van der Waals surface area contributed by atoms with Gasteiger partial charge in [-0.25, -0.2) is 5.84 Å². The average Bonchev–Trinajstić information content (AvgIpc) is 2.85. The molecule has 0 saturated heterocycles. The fourth-order valence-electron chi connectivity index (χ4n) is 1.65. The van der Waals surface area contributed by atoms with E-state index in [-0.39, 0.29) is 11.9 Å². The Kier molecular flexibility index (Phi) is 6.13. The molecule has 5 nitrogen and oxygen atoms in total. The van der Waals surface area contributed by atoms with E-state index in [0.717, 1.165) is 13.1 Å². The first-order chi connectivity index (χ1) is 8.22. The third kappa shape index (κ3) is 4.08. The molecule has 0 aliphatic rings.